The number of carbonyl (C=O) groups is 1. The van der Waals surface area contributed by atoms with Crippen molar-refractivity contribution in [3.05, 3.63) is 87.7 Å². The first-order chi connectivity index (χ1) is 18.8. The molecule has 5 rings (SSSR count). The molecule has 2 aromatic heterocycles. The first-order valence-corrected chi connectivity index (χ1v) is 15.8. The van der Waals surface area contributed by atoms with E-state index in [-0.39, 0.29) is 22.0 Å². The van der Waals surface area contributed by atoms with Crippen LogP contribution in [-0.2, 0) is 21.1 Å². The Morgan fingerprint density at radius 1 is 1.00 bits per heavy atom. The Labute approximate surface area is 233 Å². The lowest BCUT2D eigenvalue weighted by Crippen LogP contribution is -2.22. The number of rotatable bonds is 11. The standard InChI is InChI=1S/C30H33N3O4S2/c1-22-5-12-29(38-22)39(36,37)21-27(34)19-23-6-9-26(10-7-23)33-18-13-24-20-25(8-11-28(24)30(33)35)31-14-4-17-32-15-2-3-16-32/h5-13,18,20,31H,2-4,14-17,19,21H2,1H3. The van der Waals surface area contributed by atoms with Crippen molar-refractivity contribution in [1.29, 1.82) is 0 Å². The summed E-state index contributed by atoms with van der Waals surface area (Å²) in [7, 11) is -3.63. The molecule has 9 heteroatoms. The molecular formula is C30H33N3O4S2. The second-order valence-corrected chi connectivity index (χ2v) is 13.6. The Bertz CT molecular complexity index is 1630. The molecule has 0 unspecified atom stereocenters. The van der Waals surface area contributed by atoms with Crippen LogP contribution < -0.4 is 10.9 Å². The van der Waals surface area contributed by atoms with Crippen LogP contribution in [0.25, 0.3) is 16.5 Å². The van der Waals surface area contributed by atoms with Gasteiger partial charge in [0.1, 0.15) is 9.96 Å². The number of Topliss-reactive ketones (excluding diaryl/α,β-unsaturated/α-hetero) is 1. The minimum Gasteiger partial charge on any atom is -0.385 e. The van der Waals surface area contributed by atoms with Gasteiger partial charge in [-0.05, 0) is 105 Å². The second-order valence-electron chi connectivity index (χ2n) is 10.1. The lowest BCUT2D eigenvalue weighted by Gasteiger charge is -2.15. The maximum absolute atomic E-state index is 13.2. The molecule has 0 amide bonds. The highest BCUT2D eigenvalue weighted by atomic mass is 32.2. The molecule has 0 saturated carbocycles. The molecule has 0 radical (unpaired) electrons. The van der Waals surface area contributed by atoms with Crippen molar-refractivity contribution in [3.8, 4) is 5.69 Å². The maximum atomic E-state index is 13.2. The largest absolute Gasteiger partial charge is 0.385 e. The second kappa shape index (κ2) is 11.9. The van der Waals surface area contributed by atoms with Gasteiger partial charge in [-0.3, -0.25) is 14.2 Å². The number of anilines is 1. The van der Waals surface area contributed by atoms with Gasteiger partial charge in [-0.1, -0.05) is 12.1 Å². The van der Waals surface area contributed by atoms with Gasteiger partial charge in [-0.25, -0.2) is 8.42 Å². The number of ketones is 1. The summed E-state index contributed by atoms with van der Waals surface area (Å²) in [6, 6.07) is 18.1. The number of thiophene rings is 1. The number of likely N-dealkylation sites (tertiary alicyclic amines) is 1. The molecule has 1 N–H and O–H groups in total. The zero-order valence-corrected chi connectivity index (χ0v) is 23.7. The normalized spacial score (nSPS) is 14.2. The van der Waals surface area contributed by atoms with Crippen LogP contribution in [0.4, 0.5) is 5.69 Å². The highest BCUT2D eigenvalue weighted by Gasteiger charge is 2.21. The molecule has 1 aliphatic heterocycles. The summed E-state index contributed by atoms with van der Waals surface area (Å²) in [6.45, 7) is 6.27. The van der Waals surface area contributed by atoms with Crippen molar-refractivity contribution in [1.82, 2.24) is 9.47 Å². The molecule has 204 valence electrons. The number of aromatic nitrogens is 1. The number of nitrogens with zero attached hydrogens (tertiary/aromatic N) is 2. The maximum Gasteiger partial charge on any atom is 0.262 e. The summed E-state index contributed by atoms with van der Waals surface area (Å²) >= 11 is 1.18. The number of carbonyl (C=O) groups excluding carboxylic acids is 1. The molecule has 3 heterocycles. The lowest BCUT2D eigenvalue weighted by atomic mass is 10.1. The van der Waals surface area contributed by atoms with Gasteiger partial charge in [-0.15, -0.1) is 11.3 Å². The van der Waals surface area contributed by atoms with Crippen molar-refractivity contribution in [2.24, 2.45) is 0 Å². The molecule has 0 bridgehead atoms. The third kappa shape index (κ3) is 6.66. The smallest absolute Gasteiger partial charge is 0.262 e. The Hall–Kier alpha value is -3.27. The van der Waals surface area contributed by atoms with Crippen LogP contribution in [-0.4, -0.2) is 55.6 Å². The van der Waals surface area contributed by atoms with E-state index in [0.29, 0.717) is 16.6 Å². The summed E-state index contributed by atoms with van der Waals surface area (Å²) in [5.41, 5.74) is 2.28. The highest BCUT2D eigenvalue weighted by Crippen LogP contribution is 2.22. The van der Waals surface area contributed by atoms with E-state index in [1.165, 1.54) is 37.3 Å². The van der Waals surface area contributed by atoms with Crippen LogP contribution in [0, 0.1) is 6.92 Å². The quantitative estimate of drug-likeness (QED) is 0.263. The van der Waals surface area contributed by atoms with Gasteiger partial charge in [-0.2, -0.15) is 0 Å². The van der Waals surface area contributed by atoms with E-state index in [4.69, 9.17) is 0 Å². The number of sulfone groups is 1. The van der Waals surface area contributed by atoms with Crippen LogP contribution in [0.5, 0.6) is 0 Å². The van der Waals surface area contributed by atoms with Crippen molar-refractivity contribution in [2.75, 3.05) is 37.2 Å². The Kier molecular flexibility index (Phi) is 8.30. The third-order valence-corrected chi connectivity index (χ3v) is 10.3. The Morgan fingerprint density at radius 2 is 1.77 bits per heavy atom. The van der Waals surface area contributed by atoms with Crippen molar-refractivity contribution in [3.63, 3.8) is 0 Å². The van der Waals surface area contributed by atoms with Gasteiger partial charge in [0.2, 0.25) is 0 Å². The Balaban J connectivity index is 1.21. The molecule has 39 heavy (non-hydrogen) atoms. The summed E-state index contributed by atoms with van der Waals surface area (Å²) < 4.78 is 26.8. The van der Waals surface area contributed by atoms with Gasteiger partial charge >= 0.3 is 0 Å². The fourth-order valence-electron chi connectivity index (χ4n) is 5.02. The molecule has 0 aliphatic carbocycles. The number of pyridine rings is 1. The van der Waals surface area contributed by atoms with E-state index < -0.39 is 15.6 Å². The van der Waals surface area contributed by atoms with Crippen molar-refractivity contribution < 1.29 is 13.2 Å². The molecule has 1 aliphatic rings. The predicted molar refractivity (Wildman–Crippen MR) is 158 cm³/mol. The van der Waals surface area contributed by atoms with E-state index in [2.05, 4.69) is 10.2 Å². The fourth-order valence-corrected chi connectivity index (χ4v) is 7.63. The van der Waals surface area contributed by atoms with Crippen LogP contribution >= 0.6 is 11.3 Å². The average molecular weight is 564 g/mol. The number of hydrogen-bond donors (Lipinski definition) is 1. The minimum absolute atomic E-state index is 0.0181. The van der Waals surface area contributed by atoms with E-state index in [9.17, 15) is 18.0 Å². The van der Waals surface area contributed by atoms with Crippen molar-refractivity contribution in [2.45, 2.75) is 36.8 Å². The summed E-state index contributed by atoms with van der Waals surface area (Å²) in [4.78, 5) is 29.1. The van der Waals surface area contributed by atoms with Gasteiger partial charge in [0.25, 0.3) is 5.56 Å². The molecule has 1 saturated heterocycles. The van der Waals surface area contributed by atoms with Gasteiger partial charge in [0.05, 0.1) is 0 Å². The number of nitrogens with one attached hydrogen (secondary N) is 1. The number of aryl methyl sites for hydroxylation is 1. The van der Waals surface area contributed by atoms with Crippen molar-refractivity contribution >= 4 is 43.4 Å². The zero-order chi connectivity index (χ0) is 27.4. The number of fused-ring (bicyclic) bond motifs is 1. The SMILES string of the molecule is Cc1ccc(S(=O)(=O)CC(=O)Cc2ccc(-n3ccc4cc(NCCCN5CCCC5)ccc4c3=O)cc2)s1. The van der Waals surface area contributed by atoms with Crippen LogP contribution in [0.15, 0.2) is 75.9 Å². The summed E-state index contributed by atoms with van der Waals surface area (Å²) in [5, 5.41) is 4.98. The Morgan fingerprint density at radius 3 is 2.49 bits per heavy atom. The number of benzene rings is 2. The average Bonchev–Trinajstić information content (AvgIpc) is 3.59. The fraction of sp³-hybridized carbons (Fsp3) is 0.333. The monoisotopic (exact) mass is 563 g/mol. The van der Waals surface area contributed by atoms with E-state index in [1.54, 1.807) is 47.2 Å². The van der Waals surface area contributed by atoms with Crippen LogP contribution in [0.3, 0.4) is 0 Å². The van der Waals surface area contributed by atoms with Crippen LogP contribution in [0.2, 0.25) is 0 Å². The zero-order valence-electron chi connectivity index (χ0n) is 22.1. The molecule has 0 spiro atoms. The summed E-state index contributed by atoms with van der Waals surface area (Å²) in [6.07, 6.45) is 5.48. The van der Waals surface area contributed by atoms with Gasteiger partial charge < -0.3 is 10.2 Å². The van der Waals surface area contributed by atoms with E-state index >= 15 is 0 Å². The first-order valence-electron chi connectivity index (χ1n) is 13.3. The molecule has 0 atom stereocenters. The molecular weight excluding hydrogens is 530 g/mol. The van der Waals surface area contributed by atoms with E-state index in [1.807, 2.05) is 31.2 Å². The predicted octanol–water partition coefficient (Wildman–Crippen LogP) is 4.84. The minimum atomic E-state index is -3.63. The summed E-state index contributed by atoms with van der Waals surface area (Å²) in [5.74, 6) is -0.883. The molecule has 4 aromatic rings. The lowest BCUT2D eigenvalue weighted by molar-refractivity contribution is -0.116. The molecule has 2 aromatic carbocycles. The molecule has 7 nitrogen and oxygen atoms in total. The number of hydrogen-bond acceptors (Lipinski definition) is 7. The topological polar surface area (TPSA) is 88.5 Å². The van der Waals surface area contributed by atoms with E-state index in [0.717, 1.165) is 35.5 Å². The van der Waals surface area contributed by atoms with Gasteiger partial charge in [0.15, 0.2) is 15.6 Å². The third-order valence-electron chi connectivity index (χ3n) is 7.07. The molecule has 1 fully saturated rings. The van der Waals surface area contributed by atoms with Crippen LogP contribution in [0.1, 0.15) is 29.7 Å². The first kappa shape index (κ1) is 27.3. The highest BCUT2D eigenvalue weighted by molar-refractivity contribution is 7.94. The van der Waals surface area contributed by atoms with Gasteiger partial charge in [0, 0.05) is 40.8 Å².